The van der Waals surface area contributed by atoms with Crippen molar-refractivity contribution in [1.82, 2.24) is 19.7 Å². The first kappa shape index (κ1) is 17.0. The van der Waals surface area contributed by atoms with Gasteiger partial charge in [0.05, 0.1) is 18.8 Å². The second kappa shape index (κ2) is 7.45. The molecule has 7 nitrogen and oxygen atoms in total. The number of aromatic nitrogens is 3. The van der Waals surface area contributed by atoms with Crippen LogP contribution < -0.4 is 5.32 Å². The van der Waals surface area contributed by atoms with Crippen molar-refractivity contribution in [2.45, 2.75) is 23.1 Å². The molecule has 2 atom stereocenters. The van der Waals surface area contributed by atoms with E-state index in [1.165, 1.54) is 6.20 Å². The number of hydrogen-bond acceptors (Lipinski definition) is 5. The highest BCUT2D eigenvalue weighted by molar-refractivity contribution is 7.92. The van der Waals surface area contributed by atoms with Crippen molar-refractivity contribution in [2.24, 2.45) is 0 Å². The molecule has 0 radical (unpaired) electrons. The Labute approximate surface area is 153 Å². The SMILES string of the molecule is O=C(NCc1ccc([S+]([O-])[C@H]2CCOC2)cc1)c1cnc2nccn2c1. The Bertz CT molecular complexity index is 906. The first-order valence-corrected chi connectivity index (χ1v) is 9.56. The van der Waals surface area contributed by atoms with Gasteiger partial charge in [0.1, 0.15) is 5.25 Å². The second-order valence-electron chi connectivity index (χ2n) is 6.09. The number of nitrogens with zero attached hydrogens (tertiary/aromatic N) is 3. The maximum atomic E-state index is 12.4. The van der Waals surface area contributed by atoms with Gasteiger partial charge in [0.15, 0.2) is 4.90 Å². The van der Waals surface area contributed by atoms with Crippen LogP contribution >= 0.6 is 0 Å². The van der Waals surface area contributed by atoms with Gasteiger partial charge in [-0.25, -0.2) is 9.97 Å². The molecule has 0 aliphatic carbocycles. The topological polar surface area (TPSA) is 91.6 Å². The van der Waals surface area contributed by atoms with E-state index in [0.717, 1.165) is 16.9 Å². The van der Waals surface area contributed by atoms with E-state index in [-0.39, 0.29) is 11.2 Å². The molecule has 1 saturated heterocycles. The zero-order valence-electron chi connectivity index (χ0n) is 14.0. The molecule has 4 rings (SSSR count). The Balaban J connectivity index is 1.37. The molecule has 2 aromatic heterocycles. The normalized spacial score (nSPS) is 18.1. The number of carbonyl (C=O) groups excluding carboxylic acids is 1. The lowest BCUT2D eigenvalue weighted by Gasteiger charge is -2.15. The number of hydrogen-bond donors (Lipinski definition) is 1. The highest BCUT2D eigenvalue weighted by Gasteiger charge is 2.28. The first-order chi connectivity index (χ1) is 12.7. The van der Waals surface area contributed by atoms with E-state index >= 15 is 0 Å². The van der Waals surface area contributed by atoms with Gasteiger partial charge in [-0.1, -0.05) is 12.1 Å². The van der Waals surface area contributed by atoms with Crippen LogP contribution in [0.15, 0.2) is 53.9 Å². The second-order valence-corrected chi connectivity index (χ2v) is 7.82. The molecule has 1 fully saturated rings. The van der Waals surface area contributed by atoms with Crippen LogP contribution in [0.3, 0.4) is 0 Å². The number of benzene rings is 1. The van der Waals surface area contributed by atoms with Crippen LogP contribution in [-0.4, -0.2) is 43.3 Å². The highest BCUT2D eigenvalue weighted by atomic mass is 32.2. The quantitative estimate of drug-likeness (QED) is 0.688. The van der Waals surface area contributed by atoms with Gasteiger partial charge in [-0.3, -0.25) is 9.20 Å². The zero-order valence-corrected chi connectivity index (χ0v) is 14.8. The number of nitrogens with one attached hydrogen (secondary N) is 1. The van der Waals surface area contributed by atoms with Gasteiger partial charge in [-0.15, -0.1) is 0 Å². The third-order valence-corrected chi connectivity index (χ3v) is 6.02. The molecule has 134 valence electrons. The third kappa shape index (κ3) is 3.57. The number of ether oxygens (including phenoxy) is 1. The number of amides is 1. The van der Waals surface area contributed by atoms with Crippen LogP contribution in [0.2, 0.25) is 0 Å². The van der Waals surface area contributed by atoms with E-state index in [0.29, 0.717) is 31.1 Å². The summed E-state index contributed by atoms with van der Waals surface area (Å²) in [4.78, 5) is 21.3. The van der Waals surface area contributed by atoms with E-state index in [1.54, 1.807) is 23.0 Å². The lowest BCUT2D eigenvalue weighted by atomic mass is 10.2. The molecule has 3 heterocycles. The first-order valence-electron chi connectivity index (χ1n) is 8.35. The molecule has 0 saturated carbocycles. The van der Waals surface area contributed by atoms with Crippen LogP contribution in [0.4, 0.5) is 0 Å². The Morgan fingerprint density at radius 2 is 2.19 bits per heavy atom. The van der Waals surface area contributed by atoms with Crippen LogP contribution in [0.5, 0.6) is 0 Å². The predicted molar refractivity (Wildman–Crippen MR) is 96.2 cm³/mol. The molecule has 1 aliphatic heterocycles. The van der Waals surface area contributed by atoms with Gasteiger partial charge < -0.3 is 14.6 Å². The smallest absolute Gasteiger partial charge is 0.254 e. The maximum absolute atomic E-state index is 12.4. The minimum atomic E-state index is -1.05. The molecule has 1 amide bonds. The molecular formula is C18H18N4O3S. The van der Waals surface area contributed by atoms with Crippen molar-refractivity contribution >= 4 is 22.9 Å². The third-order valence-electron chi connectivity index (χ3n) is 4.31. The van der Waals surface area contributed by atoms with E-state index < -0.39 is 11.2 Å². The molecule has 0 bridgehead atoms. The van der Waals surface area contributed by atoms with Gasteiger partial charge in [0, 0.05) is 37.8 Å². The Morgan fingerprint density at radius 3 is 2.96 bits per heavy atom. The van der Waals surface area contributed by atoms with Gasteiger partial charge >= 0.3 is 0 Å². The number of imidazole rings is 1. The summed E-state index contributed by atoms with van der Waals surface area (Å²) in [5, 5.41) is 2.94. The molecule has 26 heavy (non-hydrogen) atoms. The fourth-order valence-corrected chi connectivity index (χ4v) is 4.15. The summed E-state index contributed by atoms with van der Waals surface area (Å²) in [5.74, 6) is 0.349. The standard InChI is InChI=1S/C18H18N4O3S/c23-17(14-10-21-18-19-6-7-22(18)11-14)20-9-13-1-3-15(4-2-13)26(24)16-5-8-25-12-16/h1-4,6-7,10-11,16H,5,8-9,12H2,(H,20,23)/t16-,26?/m0/s1. The highest BCUT2D eigenvalue weighted by Crippen LogP contribution is 2.22. The Kier molecular flexibility index (Phi) is 4.87. The lowest BCUT2D eigenvalue weighted by molar-refractivity contribution is 0.0950. The summed E-state index contributed by atoms with van der Waals surface area (Å²) in [6.45, 7) is 1.63. The monoisotopic (exact) mass is 370 g/mol. The van der Waals surface area contributed by atoms with E-state index in [9.17, 15) is 9.35 Å². The fraction of sp³-hybridized carbons (Fsp3) is 0.278. The average Bonchev–Trinajstić information content (AvgIpc) is 3.37. The molecule has 1 N–H and O–H groups in total. The largest absolute Gasteiger partial charge is 0.611 e. The summed E-state index contributed by atoms with van der Waals surface area (Å²) >= 11 is -1.05. The van der Waals surface area contributed by atoms with E-state index in [1.807, 2.05) is 24.3 Å². The fourth-order valence-electron chi connectivity index (χ4n) is 2.83. The van der Waals surface area contributed by atoms with Gasteiger partial charge in [0.2, 0.25) is 5.78 Å². The molecular weight excluding hydrogens is 352 g/mol. The number of rotatable bonds is 5. The van der Waals surface area contributed by atoms with Gasteiger partial charge in [-0.05, 0) is 28.9 Å². The summed E-state index contributed by atoms with van der Waals surface area (Å²) in [6.07, 6.45) is 7.41. The summed E-state index contributed by atoms with van der Waals surface area (Å²) in [7, 11) is 0. The van der Waals surface area contributed by atoms with Crippen molar-refractivity contribution in [2.75, 3.05) is 13.2 Å². The van der Waals surface area contributed by atoms with Crippen LogP contribution in [0.25, 0.3) is 5.78 Å². The maximum Gasteiger partial charge on any atom is 0.254 e. The van der Waals surface area contributed by atoms with E-state index in [2.05, 4.69) is 15.3 Å². The van der Waals surface area contributed by atoms with Gasteiger partial charge in [-0.2, -0.15) is 0 Å². The molecule has 1 aliphatic rings. The minimum absolute atomic E-state index is 0.0751. The van der Waals surface area contributed by atoms with E-state index in [4.69, 9.17) is 4.74 Å². The van der Waals surface area contributed by atoms with Crippen LogP contribution in [0, 0.1) is 0 Å². The zero-order chi connectivity index (χ0) is 17.9. The Hall–Kier alpha value is -2.42. The molecule has 0 spiro atoms. The summed E-state index contributed by atoms with van der Waals surface area (Å²) in [5.41, 5.74) is 1.41. The lowest BCUT2D eigenvalue weighted by Crippen LogP contribution is -2.23. The molecule has 3 aromatic rings. The summed E-state index contributed by atoms with van der Waals surface area (Å²) < 4.78 is 19.4. The molecule has 1 aromatic carbocycles. The number of carbonyl (C=O) groups is 1. The van der Waals surface area contributed by atoms with Crippen molar-refractivity contribution in [3.05, 3.63) is 60.2 Å². The average molecular weight is 370 g/mol. The van der Waals surface area contributed by atoms with Crippen LogP contribution in [0.1, 0.15) is 22.3 Å². The minimum Gasteiger partial charge on any atom is -0.611 e. The predicted octanol–water partition coefficient (Wildman–Crippen LogP) is 1.56. The molecule has 8 heteroatoms. The van der Waals surface area contributed by atoms with Crippen LogP contribution in [-0.2, 0) is 22.5 Å². The Morgan fingerprint density at radius 1 is 1.35 bits per heavy atom. The van der Waals surface area contributed by atoms with Crippen molar-refractivity contribution in [1.29, 1.82) is 0 Å². The molecule has 1 unspecified atom stereocenters. The van der Waals surface area contributed by atoms with Crippen molar-refractivity contribution in [3.8, 4) is 0 Å². The van der Waals surface area contributed by atoms with Crippen molar-refractivity contribution in [3.63, 3.8) is 0 Å². The number of fused-ring (bicyclic) bond motifs is 1. The van der Waals surface area contributed by atoms with Gasteiger partial charge in [0.25, 0.3) is 5.91 Å². The van der Waals surface area contributed by atoms with Crippen molar-refractivity contribution < 1.29 is 14.1 Å². The summed E-state index contributed by atoms with van der Waals surface area (Å²) in [6, 6.07) is 7.49.